The lowest BCUT2D eigenvalue weighted by Crippen LogP contribution is -2.45. The van der Waals surface area contributed by atoms with Crippen molar-refractivity contribution in [2.24, 2.45) is 5.92 Å². The SMILES string of the molecule is COc1ccc(C(OC[C@H]2O[C@@H](n3cnc4c(=O)[nH]c(NC(=O)C(C)C)nc43)CC[C@@H]2O[P@](OCCC#N)N(C(C)C)C(C)C)(c2ccccc2)c2ccc(OC)cc2)cc1. The number of nitrogens with one attached hydrogen (secondary N) is 2. The van der Waals surface area contributed by atoms with Crippen LogP contribution in [0.25, 0.3) is 11.2 Å². The van der Waals surface area contributed by atoms with Gasteiger partial charge in [0.1, 0.15) is 29.4 Å². The van der Waals surface area contributed by atoms with E-state index in [9.17, 15) is 14.9 Å². The fourth-order valence-electron chi connectivity index (χ4n) is 7.47. The average Bonchev–Trinajstić information content (AvgIpc) is 3.69. The molecule has 4 atom stereocenters. The fraction of sp³-hybridized carbons (Fsp3) is 0.444. The Morgan fingerprint density at radius 2 is 1.56 bits per heavy atom. The van der Waals surface area contributed by atoms with Gasteiger partial charge in [0.2, 0.25) is 11.9 Å². The highest BCUT2D eigenvalue weighted by Crippen LogP contribution is 2.50. The Hall–Kier alpha value is -5.20. The monoisotopic (exact) mass is 853 g/mol. The molecule has 1 saturated heterocycles. The highest BCUT2D eigenvalue weighted by atomic mass is 31.2. The van der Waals surface area contributed by atoms with E-state index in [-0.39, 0.29) is 60.7 Å². The molecule has 5 aromatic rings. The number of H-pyrrole nitrogens is 1. The Bertz CT molecular complexity index is 2240. The predicted molar refractivity (Wildman–Crippen MR) is 233 cm³/mol. The molecule has 1 fully saturated rings. The van der Waals surface area contributed by atoms with E-state index < -0.39 is 38.1 Å². The Labute approximate surface area is 358 Å². The molecule has 6 rings (SSSR count). The van der Waals surface area contributed by atoms with E-state index in [2.05, 4.69) is 58.7 Å². The zero-order valence-electron chi connectivity index (χ0n) is 36.0. The molecule has 0 spiro atoms. The molecule has 16 heteroatoms. The predicted octanol–water partition coefficient (Wildman–Crippen LogP) is 8.08. The summed E-state index contributed by atoms with van der Waals surface area (Å²) in [7, 11) is 1.61. The van der Waals surface area contributed by atoms with Crippen LogP contribution in [-0.2, 0) is 28.9 Å². The van der Waals surface area contributed by atoms with Gasteiger partial charge in [-0.05, 0) is 81.5 Å². The highest BCUT2D eigenvalue weighted by Gasteiger charge is 2.43. The van der Waals surface area contributed by atoms with Crippen molar-refractivity contribution in [1.82, 2.24) is 24.2 Å². The maximum absolute atomic E-state index is 13.2. The van der Waals surface area contributed by atoms with Crippen molar-refractivity contribution in [1.29, 1.82) is 5.26 Å². The molecule has 0 saturated carbocycles. The van der Waals surface area contributed by atoms with Crippen molar-refractivity contribution in [3.05, 3.63) is 112 Å². The lowest BCUT2D eigenvalue weighted by molar-refractivity contribution is -0.173. The quantitative estimate of drug-likeness (QED) is 0.0465. The van der Waals surface area contributed by atoms with E-state index in [0.717, 1.165) is 16.7 Å². The summed E-state index contributed by atoms with van der Waals surface area (Å²) in [4.78, 5) is 37.5. The maximum Gasteiger partial charge on any atom is 0.280 e. The topological polar surface area (TPSA) is 175 Å². The van der Waals surface area contributed by atoms with Crippen LogP contribution < -0.4 is 20.3 Å². The zero-order chi connectivity index (χ0) is 43.7. The first kappa shape index (κ1) is 45.3. The normalized spacial score (nSPS) is 17.5. The first-order valence-electron chi connectivity index (χ1n) is 20.6. The van der Waals surface area contributed by atoms with Crippen molar-refractivity contribution in [2.75, 3.05) is 32.8 Å². The summed E-state index contributed by atoms with van der Waals surface area (Å²) in [6.45, 7) is 12.1. The second-order valence-electron chi connectivity index (χ2n) is 15.6. The third kappa shape index (κ3) is 10.3. The second-order valence-corrected chi connectivity index (χ2v) is 17.0. The van der Waals surface area contributed by atoms with Gasteiger partial charge in [0.25, 0.3) is 14.1 Å². The minimum Gasteiger partial charge on any atom is -0.497 e. The van der Waals surface area contributed by atoms with Gasteiger partial charge in [0, 0.05) is 18.0 Å². The van der Waals surface area contributed by atoms with Gasteiger partial charge in [-0.3, -0.25) is 24.5 Å². The molecule has 0 radical (unpaired) electrons. The number of carbonyl (C=O) groups excluding carboxylic acids is 1. The summed E-state index contributed by atoms with van der Waals surface area (Å²) < 4.78 is 42.8. The van der Waals surface area contributed by atoms with Gasteiger partial charge >= 0.3 is 0 Å². The van der Waals surface area contributed by atoms with Crippen molar-refractivity contribution in [2.45, 2.75) is 96.9 Å². The number of aromatic amines is 1. The van der Waals surface area contributed by atoms with Crippen LogP contribution in [0.15, 0.2) is 90.0 Å². The van der Waals surface area contributed by atoms with E-state index in [4.69, 9.17) is 28.0 Å². The largest absolute Gasteiger partial charge is 0.497 e. The molecule has 0 aliphatic carbocycles. The maximum atomic E-state index is 13.2. The van der Waals surface area contributed by atoms with Gasteiger partial charge in [0.15, 0.2) is 11.2 Å². The Kier molecular flexibility index (Phi) is 15.3. The first-order valence-corrected chi connectivity index (χ1v) is 21.7. The molecular weight excluding hydrogens is 798 g/mol. The van der Waals surface area contributed by atoms with Crippen LogP contribution in [0, 0.1) is 17.2 Å². The molecule has 324 valence electrons. The minimum absolute atomic E-state index is 0.0177. The lowest BCUT2D eigenvalue weighted by Gasteiger charge is -2.43. The van der Waals surface area contributed by atoms with E-state index in [1.54, 1.807) is 32.6 Å². The number of fused-ring (bicyclic) bond motifs is 1. The zero-order valence-corrected chi connectivity index (χ0v) is 36.9. The number of aromatic nitrogens is 4. The summed E-state index contributed by atoms with van der Waals surface area (Å²) in [5, 5.41) is 12.1. The summed E-state index contributed by atoms with van der Waals surface area (Å²) >= 11 is 0. The van der Waals surface area contributed by atoms with Crippen molar-refractivity contribution < 1.29 is 32.8 Å². The number of benzene rings is 3. The summed E-state index contributed by atoms with van der Waals surface area (Å²) in [5.41, 5.74) is 1.30. The number of imidazole rings is 1. The van der Waals surface area contributed by atoms with Crippen molar-refractivity contribution >= 4 is 31.5 Å². The number of hydrogen-bond donors (Lipinski definition) is 2. The Morgan fingerprint density at radius 1 is 0.951 bits per heavy atom. The molecule has 1 amide bonds. The Balaban J connectivity index is 1.45. The number of nitriles is 1. The standard InChI is InChI=1S/C45H56N7O8P/c1-29(2)42(53)49-44-48-41-40(43(54)50-44)47-28-51(41)39-24-23-37(60-61(58-26-12-25-46)52(30(3)4)31(5)6)38(59-39)27-57-45(32-13-10-9-11-14-32,33-15-19-35(55-7)20-16-33)34-17-21-36(56-8)22-18-34/h9-11,13-22,28-31,37-39H,12,23-24,26-27H2,1-8H3,(H2,48,49,50,53,54)/t37-,38+,39+,61-/m0/s1. The van der Waals surface area contributed by atoms with Crippen LogP contribution in [0.2, 0.25) is 0 Å². The number of ether oxygens (including phenoxy) is 4. The molecule has 3 aromatic carbocycles. The van der Waals surface area contributed by atoms with Crippen molar-refractivity contribution in [3.63, 3.8) is 0 Å². The minimum atomic E-state index is -1.65. The smallest absolute Gasteiger partial charge is 0.280 e. The number of carbonyl (C=O) groups is 1. The van der Waals surface area contributed by atoms with Crippen LogP contribution in [0.4, 0.5) is 5.95 Å². The van der Waals surface area contributed by atoms with E-state index >= 15 is 0 Å². The number of amides is 1. The highest BCUT2D eigenvalue weighted by molar-refractivity contribution is 7.44. The molecule has 2 N–H and O–H groups in total. The van der Waals surface area contributed by atoms with Crippen LogP contribution in [0.1, 0.15) is 83.7 Å². The van der Waals surface area contributed by atoms with E-state index in [0.29, 0.717) is 24.3 Å². The molecule has 1 aliphatic rings. The number of rotatable bonds is 19. The Morgan fingerprint density at radius 3 is 2.11 bits per heavy atom. The lowest BCUT2D eigenvalue weighted by atomic mass is 9.80. The van der Waals surface area contributed by atoms with Gasteiger partial charge in [0.05, 0.1) is 52.4 Å². The molecule has 2 aromatic heterocycles. The van der Waals surface area contributed by atoms with E-state index in [1.807, 2.05) is 78.9 Å². The molecule has 61 heavy (non-hydrogen) atoms. The van der Waals surface area contributed by atoms with E-state index in [1.165, 1.54) is 6.33 Å². The molecule has 15 nitrogen and oxygen atoms in total. The molecule has 0 bridgehead atoms. The first-order chi connectivity index (χ1) is 29.4. The average molecular weight is 854 g/mol. The van der Waals surface area contributed by atoms with Gasteiger partial charge in [-0.15, -0.1) is 0 Å². The van der Waals surface area contributed by atoms with Gasteiger partial charge in [-0.2, -0.15) is 10.2 Å². The third-order valence-corrected chi connectivity index (χ3v) is 12.6. The third-order valence-electron chi connectivity index (χ3n) is 10.5. The molecule has 3 heterocycles. The van der Waals surface area contributed by atoms with Crippen LogP contribution in [0.3, 0.4) is 0 Å². The summed E-state index contributed by atoms with van der Waals surface area (Å²) in [6.07, 6.45) is 0.828. The fourth-order valence-corrected chi connectivity index (χ4v) is 9.25. The van der Waals surface area contributed by atoms with Gasteiger partial charge < -0.3 is 28.0 Å². The second kappa shape index (κ2) is 20.6. The molecular formula is C45H56N7O8P. The van der Waals surface area contributed by atoms with Gasteiger partial charge in [-0.25, -0.2) is 9.65 Å². The summed E-state index contributed by atoms with van der Waals surface area (Å²) in [6, 6.07) is 28.0. The van der Waals surface area contributed by atoms with Crippen molar-refractivity contribution in [3.8, 4) is 17.6 Å². The van der Waals surface area contributed by atoms with Crippen LogP contribution in [-0.4, -0.2) is 81.8 Å². The number of methoxy groups -OCH3 is 2. The van der Waals surface area contributed by atoms with Crippen LogP contribution in [0.5, 0.6) is 11.5 Å². The molecule has 0 unspecified atom stereocenters. The summed E-state index contributed by atoms with van der Waals surface area (Å²) in [5.74, 6) is 0.790. The number of hydrogen-bond acceptors (Lipinski definition) is 12. The molecule has 1 aliphatic heterocycles. The number of anilines is 1. The van der Waals surface area contributed by atoms with Crippen LogP contribution >= 0.6 is 8.53 Å². The van der Waals surface area contributed by atoms with Gasteiger partial charge in [-0.1, -0.05) is 68.4 Å². The number of nitrogens with zero attached hydrogens (tertiary/aromatic N) is 5.